The largest absolute Gasteiger partial charge is 0.416 e. The molecule has 3 rings (SSSR count). The fourth-order valence-corrected chi connectivity index (χ4v) is 5.40. The van der Waals surface area contributed by atoms with Crippen LogP contribution in [-0.4, -0.2) is 44.4 Å². The van der Waals surface area contributed by atoms with Crippen LogP contribution in [0.25, 0.3) is 0 Å². The van der Waals surface area contributed by atoms with Crippen molar-refractivity contribution in [3.05, 3.63) is 29.8 Å². The number of nitrogens with two attached hydrogens (primary N) is 1. The van der Waals surface area contributed by atoms with Crippen LogP contribution >= 0.6 is 0 Å². The Hall–Kier alpha value is -1.65. The molecule has 2 fully saturated rings. The Morgan fingerprint density at radius 3 is 2.13 bits per heavy atom. The Morgan fingerprint density at radius 2 is 1.67 bits per heavy atom. The number of hydrogen-bond acceptors (Lipinski definition) is 4. The third-order valence-electron chi connectivity index (χ3n) is 6.35. The molecular formula is C20H28F3N3O3S. The number of carbonyl (C=O) groups is 1. The maximum Gasteiger partial charge on any atom is 0.416 e. The second kappa shape index (κ2) is 8.84. The standard InChI is InChI=1S/C20H28F3N3O3S/c1-26(16-3-2-4-16)19(27)18(24)13-5-9-15(10-6-13)25-30(28,29)17-11-7-14(8-12-17)20(21,22)23/h7-8,11-13,15-16,18,25H,2-6,9-10,24H2,1H3/t13?,15?,18-/m0/s1. The molecule has 3 N–H and O–H groups in total. The number of rotatable bonds is 6. The number of amides is 1. The first-order chi connectivity index (χ1) is 14.0. The molecule has 10 heteroatoms. The normalized spacial score (nSPS) is 24.2. The molecule has 1 atom stereocenters. The molecule has 2 saturated carbocycles. The van der Waals surface area contributed by atoms with Crippen molar-refractivity contribution in [2.75, 3.05) is 7.05 Å². The van der Waals surface area contributed by atoms with E-state index in [1.807, 2.05) is 0 Å². The van der Waals surface area contributed by atoms with Gasteiger partial charge in [-0.3, -0.25) is 4.79 Å². The Balaban J connectivity index is 1.54. The van der Waals surface area contributed by atoms with Crippen molar-refractivity contribution in [2.24, 2.45) is 11.7 Å². The molecule has 0 saturated heterocycles. The lowest BCUT2D eigenvalue weighted by Crippen LogP contribution is -2.52. The lowest BCUT2D eigenvalue weighted by atomic mass is 9.81. The molecule has 2 aliphatic rings. The average molecular weight is 448 g/mol. The summed E-state index contributed by atoms with van der Waals surface area (Å²) in [6.45, 7) is 0. The van der Waals surface area contributed by atoms with Crippen LogP contribution in [0.5, 0.6) is 0 Å². The van der Waals surface area contributed by atoms with Crippen LogP contribution in [0.15, 0.2) is 29.2 Å². The fourth-order valence-electron chi connectivity index (χ4n) is 4.10. The molecule has 0 aliphatic heterocycles. The molecular weight excluding hydrogens is 419 g/mol. The van der Waals surface area contributed by atoms with E-state index in [9.17, 15) is 26.4 Å². The van der Waals surface area contributed by atoms with Crippen LogP contribution in [0.3, 0.4) is 0 Å². The average Bonchev–Trinajstić information content (AvgIpc) is 2.65. The minimum Gasteiger partial charge on any atom is -0.341 e. The van der Waals surface area contributed by atoms with E-state index in [0.717, 1.165) is 43.5 Å². The first-order valence-corrected chi connectivity index (χ1v) is 11.7. The fraction of sp³-hybridized carbons (Fsp3) is 0.650. The summed E-state index contributed by atoms with van der Waals surface area (Å²) in [5.41, 5.74) is 5.30. The predicted molar refractivity (Wildman–Crippen MR) is 106 cm³/mol. The molecule has 0 spiro atoms. The Labute approximate surface area is 175 Å². The van der Waals surface area contributed by atoms with E-state index in [4.69, 9.17) is 5.73 Å². The molecule has 2 aliphatic carbocycles. The molecule has 0 unspecified atom stereocenters. The van der Waals surface area contributed by atoms with E-state index in [1.165, 1.54) is 0 Å². The summed E-state index contributed by atoms with van der Waals surface area (Å²) in [5, 5.41) is 0. The highest BCUT2D eigenvalue weighted by Gasteiger charge is 2.35. The van der Waals surface area contributed by atoms with Crippen LogP contribution in [0.1, 0.15) is 50.5 Å². The van der Waals surface area contributed by atoms with Gasteiger partial charge in [0.25, 0.3) is 0 Å². The number of sulfonamides is 1. The van der Waals surface area contributed by atoms with Crippen molar-refractivity contribution in [3.8, 4) is 0 Å². The smallest absolute Gasteiger partial charge is 0.341 e. The number of likely N-dealkylation sites (N-methyl/N-ethyl adjacent to an activating group) is 1. The van der Waals surface area contributed by atoms with Gasteiger partial charge in [0, 0.05) is 19.1 Å². The van der Waals surface area contributed by atoms with Gasteiger partial charge in [0.1, 0.15) is 0 Å². The second-order valence-electron chi connectivity index (χ2n) is 8.31. The summed E-state index contributed by atoms with van der Waals surface area (Å²) in [6, 6.07) is 2.78. The van der Waals surface area contributed by atoms with Crippen molar-refractivity contribution in [1.29, 1.82) is 0 Å². The minimum atomic E-state index is -4.52. The number of hydrogen-bond donors (Lipinski definition) is 2. The lowest BCUT2D eigenvalue weighted by molar-refractivity contribution is -0.138. The maximum absolute atomic E-state index is 12.7. The molecule has 1 aromatic carbocycles. The summed E-state index contributed by atoms with van der Waals surface area (Å²) in [4.78, 5) is 14.1. The predicted octanol–water partition coefficient (Wildman–Crippen LogP) is 2.88. The van der Waals surface area contributed by atoms with Crippen molar-refractivity contribution in [3.63, 3.8) is 0 Å². The SMILES string of the molecule is CN(C(=O)[C@@H](N)C1CCC(NS(=O)(=O)c2ccc(C(F)(F)F)cc2)CC1)C1CCC1. The molecule has 1 aromatic rings. The van der Waals surface area contributed by atoms with E-state index in [-0.39, 0.29) is 28.8 Å². The molecule has 6 nitrogen and oxygen atoms in total. The third kappa shape index (κ3) is 5.15. The Bertz CT molecular complexity index is 846. The van der Waals surface area contributed by atoms with E-state index < -0.39 is 27.8 Å². The van der Waals surface area contributed by atoms with Crippen LogP contribution in [0.4, 0.5) is 13.2 Å². The number of carbonyl (C=O) groups excluding carboxylic acids is 1. The first kappa shape index (κ1) is 23.0. The summed E-state index contributed by atoms with van der Waals surface area (Å²) in [6.07, 6.45) is 0.911. The number of halogens is 3. The molecule has 1 amide bonds. The monoisotopic (exact) mass is 447 g/mol. The van der Waals surface area contributed by atoms with Gasteiger partial charge in [0.15, 0.2) is 0 Å². The molecule has 0 radical (unpaired) electrons. The minimum absolute atomic E-state index is 0.00755. The zero-order valence-corrected chi connectivity index (χ0v) is 17.7. The van der Waals surface area contributed by atoms with Crippen molar-refractivity contribution >= 4 is 15.9 Å². The molecule has 0 heterocycles. The highest BCUT2D eigenvalue weighted by atomic mass is 32.2. The number of alkyl halides is 3. The Kier molecular flexibility index (Phi) is 6.78. The highest BCUT2D eigenvalue weighted by Crippen LogP contribution is 2.31. The quantitative estimate of drug-likeness (QED) is 0.701. The summed E-state index contributed by atoms with van der Waals surface area (Å²) in [7, 11) is -2.13. The molecule has 0 bridgehead atoms. The third-order valence-corrected chi connectivity index (χ3v) is 7.89. The van der Waals surface area contributed by atoms with E-state index in [2.05, 4.69) is 4.72 Å². The maximum atomic E-state index is 12.7. The van der Waals surface area contributed by atoms with Gasteiger partial charge in [-0.2, -0.15) is 13.2 Å². The molecule has 0 aromatic heterocycles. The highest BCUT2D eigenvalue weighted by molar-refractivity contribution is 7.89. The van der Waals surface area contributed by atoms with Gasteiger partial charge < -0.3 is 10.6 Å². The Morgan fingerprint density at radius 1 is 1.10 bits per heavy atom. The number of nitrogens with zero attached hydrogens (tertiary/aromatic N) is 1. The summed E-state index contributed by atoms with van der Waals surface area (Å²) >= 11 is 0. The molecule has 30 heavy (non-hydrogen) atoms. The van der Waals surface area contributed by atoms with Gasteiger partial charge in [0.05, 0.1) is 16.5 Å². The first-order valence-electron chi connectivity index (χ1n) is 10.2. The van der Waals surface area contributed by atoms with Gasteiger partial charge in [-0.25, -0.2) is 13.1 Å². The van der Waals surface area contributed by atoms with Gasteiger partial charge in [0.2, 0.25) is 15.9 Å². The summed E-state index contributed by atoms with van der Waals surface area (Å²) in [5.74, 6) is -0.0691. The lowest BCUT2D eigenvalue weighted by Gasteiger charge is -2.38. The van der Waals surface area contributed by atoms with Crippen LogP contribution < -0.4 is 10.5 Å². The van der Waals surface area contributed by atoms with Crippen molar-refractivity contribution < 1.29 is 26.4 Å². The second-order valence-corrected chi connectivity index (χ2v) is 10.0. The summed E-state index contributed by atoms with van der Waals surface area (Å²) < 4.78 is 65.6. The molecule has 168 valence electrons. The van der Waals surface area contributed by atoms with Crippen LogP contribution in [0, 0.1) is 5.92 Å². The van der Waals surface area contributed by atoms with E-state index >= 15 is 0 Å². The number of benzene rings is 1. The zero-order chi connectivity index (χ0) is 22.1. The zero-order valence-electron chi connectivity index (χ0n) is 16.9. The van der Waals surface area contributed by atoms with Gasteiger partial charge >= 0.3 is 6.18 Å². The van der Waals surface area contributed by atoms with Crippen molar-refractivity contribution in [2.45, 2.75) is 74.1 Å². The van der Waals surface area contributed by atoms with Crippen molar-refractivity contribution in [1.82, 2.24) is 9.62 Å². The number of nitrogens with one attached hydrogen (secondary N) is 1. The van der Waals surface area contributed by atoms with Gasteiger partial charge in [-0.15, -0.1) is 0 Å². The van der Waals surface area contributed by atoms with Gasteiger partial charge in [-0.1, -0.05) is 0 Å². The van der Waals surface area contributed by atoms with Gasteiger partial charge in [-0.05, 0) is 75.1 Å². The topological polar surface area (TPSA) is 92.5 Å². The van der Waals surface area contributed by atoms with E-state index in [1.54, 1.807) is 11.9 Å². The van der Waals surface area contributed by atoms with E-state index in [0.29, 0.717) is 25.7 Å². The van der Waals surface area contributed by atoms with Crippen LogP contribution in [-0.2, 0) is 21.0 Å². The van der Waals surface area contributed by atoms with Crippen LogP contribution in [0.2, 0.25) is 0 Å².